The molecule has 1 unspecified atom stereocenters. The molecule has 1 aromatic heterocycles. The van der Waals surface area contributed by atoms with Gasteiger partial charge < -0.3 is 24.5 Å². The molecule has 0 bridgehead atoms. The summed E-state index contributed by atoms with van der Waals surface area (Å²) in [5, 5.41) is 7.80. The first kappa shape index (κ1) is 19.7. The maximum Gasteiger partial charge on any atom is 0.191 e. The molecule has 1 atom stereocenters. The lowest BCUT2D eigenvalue weighted by molar-refractivity contribution is 0.0888. The lowest BCUT2D eigenvalue weighted by atomic mass is 10.1. The summed E-state index contributed by atoms with van der Waals surface area (Å²) in [5.74, 6) is 2.29. The van der Waals surface area contributed by atoms with Gasteiger partial charge in [0.05, 0.1) is 13.2 Å². The molecule has 1 aliphatic rings. The summed E-state index contributed by atoms with van der Waals surface area (Å²) in [7, 11) is 0. The molecule has 2 N–H and O–H groups in total. The molecule has 0 radical (unpaired) electrons. The fourth-order valence-corrected chi connectivity index (χ4v) is 3.21. The number of hydrogen-bond acceptors (Lipinski definition) is 4. The van der Waals surface area contributed by atoms with Crippen molar-refractivity contribution in [2.45, 2.75) is 33.2 Å². The molecule has 0 aliphatic carbocycles. The van der Waals surface area contributed by atoms with E-state index in [9.17, 15) is 0 Å². The van der Waals surface area contributed by atoms with Crippen molar-refractivity contribution in [3.8, 4) is 0 Å². The summed E-state index contributed by atoms with van der Waals surface area (Å²) in [6, 6.07) is 8.11. The molecule has 2 aromatic rings. The number of guanidine groups is 1. The molecule has 0 spiro atoms. The van der Waals surface area contributed by atoms with E-state index in [0.717, 1.165) is 80.6 Å². The number of fused-ring (bicyclic) bond motifs is 1. The van der Waals surface area contributed by atoms with Gasteiger partial charge in [-0.25, -0.2) is 4.99 Å². The number of furan rings is 1. The Morgan fingerprint density at radius 3 is 2.96 bits per heavy atom. The van der Waals surface area contributed by atoms with Crippen molar-refractivity contribution in [3.63, 3.8) is 0 Å². The topological polar surface area (TPSA) is 68.0 Å². The second-order valence-corrected chi connectivity index (χ2v) is 6.93. The van der Waals surface area contributed by atoms with Crippen molar-refractivity contribution in [2.24, 2.45) is 10.9 Å². The van der Waals surface area contributed by atoms with Gasteiger partial charge in [-0.1, -0.05) is 18.2 Å². The molecular formula is C21H31N3O3. The van der Waals surface area contributed by atoms with Crippen LogP contribution in [0.4, 0.5) is 0 Å². The minimum absolute atomic E-state index is 0.522. The molecule has 148 valence electrons. The Hall–Kier alpha value is -2.05. The van der Waals surface area contributed by atoms with Gasteiger partial charge in [-0.15, -0.1) is 0 Å². The SMILES string of the molecule is CCNC(=NCc1oc2ccccc2c1C)NCCCOCC1CCOC1. The first-order valence-corrected chi connectivity index (χ1v) is 9.92. The van der Waals surface area contributed by atoms with Gasteiger partial charge in [0, 0.05) is 43.2 Å². The average Bonchev–Trinajstić information content (AvgIpc) is 3.31. The summed E-state index contributed by atoms with van der Waals surface area (Å²) in [6.45, 7) is 9.61. The van der Waals surface area contributed by atoms with Crippen LogP contribution in [0.2, 0.25) is 0 Å². The van der Waals surface area contributed by atoms with Gasteiger partial charge >= 0.3 is 0 Å². The average molecular weight is 373 g/mol. The highest BCUT2D eigenvalue weighted by atomic mass is 16.5. The van der Waals surface area contributed by atoms with Crippen molar-refractivity contribution in [1.82, 2.24) is 10.6 Å². The molecule has 0 amide bonds. The van der Waals surface area contributed by atoms with Crippen LogP contribution in [-0.4, -0.2) is 45.5 Å². The minimum Gasteiger partial charge on any atom is -0.459 e. The van der Waals surface area contributed by atoms with Crippen molar-refractivity contribution < 1.29 is 13.9 Å². The Labute approximate surface area is 161 Å². The van der Waals surface area contributed by atoms with Crippen molar-refractivity contribution >= 4 is 16.9 Å². The fourth-order valence-electron chi connectivity index (χ4n) is 3.21. The quantitative estimate of drug-likeness (QED) is 0.401. The van der Waals surface area contributed by atoms with Crippen LogP contribution in [0.5, 0.6) is 0 Å². The smallest absolute Gasteiger partial charge is 0.191 e. The molecular weight excluding hydrogens is 342 g/mol. The van der Waals surface area contributed by atoms with E-state index in [0.29, 0.717) is 12.5 Å². The number of nitrogens with zero attached hydrogens (tertiary/aromatic N) is 1. The van der Waals surface area contributed by atoms with Gasteiger partial charge in [0.15, 0.2) is 5.96 Å². The summed E-state index contributed by atoms with van der Waals surface area (Å²) in [6.07, 6.45) is 2.07. The number of rotatable bonds is 9. The van der Waals surface area contributed by atoms with E-state index in [1.165, 1.54) is 0 Å². The van der Waals surface area contributed by atoms with Crippen LogP contribution in [0.1, 0.15) is 31.1 Å². The van der Waals surface area contributed by atoms with Gasteiger partial charge in [-0.2, -0.15) is 0 Å². The minimum atomic E-state index is 0.522. The largest absolute Gasteiger partial charge is 0.459 e. The second-order valence-electron chi connectivity index (χ2n) is 6.93. The summed E-state index contributed by atoms with van der Waals surface area (Å²) in [5.41, 5.74) is 2.08. The van der Waals surface area contributed by atoms with E-state index in [1.54, 1.807) is 0 Å². The van der Waals surface area contributed by atoms with Crippen LogP contribution in [0.15, 0.2) is 33.7 Å². The van der Waals surface area contributed by atoms with Gasteiger partial charge in [0.25, 0.3) is 0 Å². The zero-order valence-corrected chi connectivity index (χ0v) is 16.4. The third-order valence-electron chi connectivity index (χ3n) is 4.80. The third-order valence-corrected chi connectivity index (χ3v) is 4.80. The lowest BCUT2D eigenvalue weighted by Gasteiger charge is -2.12. The highest BCUT2D eigenvalue weighted by molar-refractivity contribution is 5.82. The molecule has 6 nitrogen and oxygen atoms in total. The summed E-state index contributed by atoms with van der Waals surface area (Å²) < 4.78 is 17.0. The molecule has 1 aliphatic heterocycles. The Bertz CT molecular complexity index is 735. The monoisotopic (exact) mass is 373 g/mol. The number of aliphatic imine (C=N–C) groups is 1. The van der Waals surface area contributed by atoms with Crippen molar-refractivity contribution in [1.29, 1.82) is 0 Å². The maximum atomic E-state index is 5.94. The van der Waals surface area contributed by atoms with Crippen molar-refractivity contribution in [3.05, 3.63) is 35.6 Å². The van der Waals surface area contributed by atoms with Gasteiger partial charge in [-0.05, 0) is 32.8 Å². The number of aryl methyl sites for hydroxylation is 1. The zero-order chi connectivity index (χ0) is 18.9. The van der Waals surface area contributed by atoms with Crippen LogP contribution < -0.4 is 10.6 Å². The summed E-state index contributed by atoms with van der Waals surface area (Å²) >= 11 is 0. The second kappa shape index (κ2) is 10.3. The third kappa shape index (κ3) is 5.71. The molecule has 1 saturated heterocycles. The Kier molecular flexibility index (Phi) is 7.54. The Balaban J connectivity index is 1.43. The molecule has 1 fully saturated rings. The van der Waals surface area contributed by atoms with E-state index in [1.807, 2.05) is 18.2 Å². The highest BCUT2D eigenvalue weighted by Crippen LogP contribution is 2.25. The predicted octanol–water partition coefficient (Wildman–Crippen LogP) is 3.24. The molecule has 3 rings (SSSR count). The van der Waals surface area contributed by atoms with Crippen LogP contribution in [0, 0.1) is 12.8 Å². The van der Waals surface area contributed by atoms with E-state index < -0.39 is 0 Å². The Morgan fingerprint density at radius 2 is 2.19 bits per heavy atom. The van der Waals surface area contributed by atoms with E-state index in [4.69, 9.17) is 13.9 Å². The van der Waals surface area contributed by atoms with Crippen LogP contribution >= 0.6 is 0 Å². The molecule has 6 heteroatoms. The Morgan fingerprint density at radius 1 is 1.30 bits per heavy atom. The molecule has 1 aromatic carbocycles. The predicted molar refractivity (Wildman–Crippen MR) is 108 cm³/mol. The number of ether oxygens (including phenoxy) is 2. The number of para-hydroxylation sites is 1. The summed E-state index contributed by atoms with van der Waals surface area (Å²) in [4.78, 5) is 4.66. The van der Waals surface area contributed by atoms with Crippen molar-refractivity contribution in [2.75, 3.05) is 39.5 Å². The molecule has 27 heavy (non-hydrogen) atoms. The first-order valence-electron chi connectivity index (χ1n) is 9.92. The van der Waals surface area contributed by atoms with Gasteiger partial charge in [0.2, 0.25) is 0 Å². The van der Waals surface area contributed by atoms with Crippen LogP contribution in [-0.2, 0) is 16.0 Å². The number of benzene rings is 1. The normalized spacial score (nSPS) is 17.6. The van der Waals surface area contributed by atoms with E-state index in [-0.39, 0.29) is 0 Å². The maximum absolute atomic E-state index is 5.94. The van der Waals surface area contributed by atoms with Gasteiger partial charge in [-0.3, -0.25) is 0 Å². The number of nitrogens with one attached hydrogen (secondary N) is 2. The van der Waals surface area contributed by atoms with E-state index in [2.05, 4.69) is 35.5 Å². The molecule has 2 heterocycles. The van der Waals surface area contributed by atoms with E-state index >= 15 is 0 Å². The lowest BCUT2D eigenvalue weighted by Crippen LogP contribution is -2.38. The molecule has 0 saturated carbocycles. The fraction of sp³-hybridized carbons (Fsp3) is 0.571. The zero-order valence-electron chi connectivity index (χ0n) is 16.4. The first-order chi connectivity index (χ1) is 13.3. The standard InChI is InChI=1S/C21H31N3O3/c1-3-22-21(23-10-6-11-25-14-17-9-12-26-15-17)24-13-20-16(2)18-7-4-5-8-19(18)27-20/h4-5,7-8,17H,3,6,9-15H2,1-2H3,(H2,22,23,24). The van der Waals surface area contributed by atoms with Crippen LogP contribution in [0.25, 0.3) is 11.0 Å². The van der Waals surface area contributed by atoms with Crippen LogP contribution in [0.3, 0.4) is 0 Å². The highest BCUT2D eigenvalue weighted by Gasteiger charge is 2.15. The number of hydrogen-bond donors (Lipinski definition) is 2. The van der Waals surface area contributed by atoms with Gasteiger partial charge in [0.1, 0.15) is 17.9 Å².